The zero-order valence-corrected chi connectivity index (χ0v) is 8.62. The van der Waals surface area contributed by atoms with Crippen LogP contribution >= 0.6 is 0 Å². The summed E-state index contributed by atoms with van der Waals surface area (Å²) in [5.74, 6) is -0.833. The maximum absolute atomic E-state index is 9.00. The molecule has 0 radical (unpaired) electrons. The maximum Gasteiger partial charge on any atom is 0.300 e. The number of carboxylic acid groups (broad SMARTS) is 1. The predicted octanol–water partition coefficient (Wildman–Crippen LogP) is 2.52. The van der Waals surface area contributed by atoms with Crippen LogP contribution in [0.15, 0.2) is 12.3 Å². The van der Waals surface area contributed by atoms with Crippen LogP contribution in [0.1, 0.15) is 46.0 Å². The smallest absolute Gasteiger partial charge is 0.300 e. The van der Waals surface area contributed by atoms with Crippen molar-refractivity contribution in [1.29, 1.82) is 0 Å². The van der Waals surface area contributed by atoms with Gasteiger partial charge in [0.1, 0.15) is 0 Å². The molecule has 78 valence electrons. The zero-order chi connectivity index (χ0) is 10.5. The highest BCUT2D eigenvalue weighted by molar-refractivity contribution is 5.62. The number of aliphatic carboxylic acids is 1. The van der Waals surface area contributed by atoms with Gasteiger partial charge in [-0.2, -0.15) is 0 Å². The fraction of sp³-hybridized carbons (Fsp3) is 0.700. The number of rotatable bonds is 5. The monoisotopic (exact) mass is 187 g/mol. The zero-order valence-electron chi connectivity index (χ0n) is 8.62. The summed E-state index contributed by atoms with van der Waals surface area (Å²) in [7, 11) is 0. The summed E-state index contributed by atoms with van der Waals surface area (Å²) < 4.78 is 0. The lowest BCUT2D eigenvalue weighted by Crippen LogP contribution is -1.78. The van der Waals surface area contributed by atoms with Crippen LogP contribution in [-0.2, 0) is 4.79 Å². The van der Waals surface area contributed by atoms with Gasteiger partial charge < -0.3 is 10.8 Å². The molecule has 0 aliphatic heterocycles. The first-order valence-corrected chi connectivity index (χ1v) is 4.71. The van der Waals surface area contributed by atoms with Gasteiger partial charge in [-0.1, -0.05) is 32.3 Å². The Hall–Kier alpha value is -0.990. The average molecular weight is 187 g/mol. The molecule has 0 saturated carbocycles. The van der Waals surface area contributed by atoms with E-state index in [4.69, 9.17) is 15.6 Å². The van der Waals surface area contributed by atoms with Gasteiger partial charge >= 0.3 is 0 Å². The van der Waals surface area contributed by atoms with Gasteiger partial charge in [-0.15, -0.1) is 0 Å². The number of carbonyl (C=O) groups is 1. The van der Waals surface area contributed by atoms with Crippen molar-refractivity contribution >= 4 is 5.97 Å². The van der Waals surface area contributed by atoms with E-state index in [1.54, 1.807) is 6.20 Å². The normalized spacial score (nSPS) is 9.38. The third-order valence-corrected chi connectivity index (χ3v) is 1.36. The van der Waals surface area contributed by atoms with Crippen LogP contribution in [-0.4, -0.2) is 11.1 Å². The summed E-state index contributed by atoms with van der Waals surface area (Å²) in [6.07, 6.45) is 10.1. The lowest BCUT2D eigenvalue weighted by Gasteiger charge is -1.92. The third kappa shape index (κ3) is 35.6. The van der Waals surface area contributed by atoms with Gasteiger partial charge in [0.05, 0.1) is 0 Å². The second-order valence-corrected chi connectivity index (χ2v) is 2.80. The van der Waals surface area contributed by atoms with Gasteiger partial charge in [-0.05, 0) is 19.0 Å². The first-order valence-electron chi connectivity index (χ1n) is 4.71. The van der Waals surface area contributed by atoms with Gasteiger partial charge in [-0.3, -0.25) is 4.79 Å². The van der Waals surface area contributed by atoms with Crippen LogP contribution in [0.4, 0.5) is 0 Å². The standard InChI is InChI=1S/C8H17N.C2H4O2/c1-2-3-4-5-6-7-8-9;1-2(3)4/h7-8H,2-6,9H2,1H3;1H3,(H,3,4). The number of carboxylic acids is 1. The topological polar surface area (TPSA) is 63.3 Å². The lowest BCUT2D eigenvalue weighted by molar-refractivity contribution is -0.134. The van der Waals surface area contributed by atoms with Gasteiger partial charge in [0.25, 0.3) is 5.97 Å². The molecular formula is C10H21NO2. The largest absolute Gasteiger partial charge is 0.481 e. The van der Waals surface area contributed by atoms with Crippen molar-refractivity contribution in [3.8, 4) is 0 Å². The molecule has 0 aromatic heterocycles. The molecule has 0 fully saturated rings. The van der Waals surface area contributed by atoms with E-state index in [1.807, 2.05) is 6.08 Å². The molecular weight excluding hydrogens is 166 g/mol. The molecule has 3 nitrogen and oxygen atoms in total. The molecule has 0 amide bonds. The molecule has 0 aromatic carbocycles. The molecule has 0 unspecified atom stereocenters. The van der Waals surface area contributed by atoms with Crippen LogP contribution < -0.4 is 5.73 Å². The predicted molar refractivity (Wildman–Crippen MR) is 55.4 cm³/mol. The number of hydrogen-bond donors (Lipinski definition) is 2. The summed E-state index contributed by atoms with van der Waals surface area (Å²) in [4.78, 5) is 9.00. The fourth-order valence-electron chi connectivity index (χ4n) is 0.785. The molecule has 0 aromatic rings. The van der Waals surface area contributed by atoms with Crippen molar-refractivity contribution in [3.63, 3.8) is 0 Å². The average Bonchev–Trinajstić information content (AvgIpc) is 2.03. The van der Waals surface area contributed by atoms with E-state index in [0.29, 0.717) is 0 Å². The number of unbranched alkanes of at least 4 members (excludes halogenated alkanes) is 4. The van der Waals surface area contributed by atoms with Gasteiger partial charge in [0.15, 0.2) is 0 Å². The van der Waals surface area contributed by atoms with E-state index in [0.717, 1.165) is 13.3 Å². The molecule has 3 N–H and O–H groups in total. The molecule has 3 heteroatoms. The summed E-state index contributed by atoms with van der Waals surface area (Å²) >= 11 is 0. The van der Waals surface area contributed by atoms with Crippen molar-refractivity contribution < 1.29 is 9.90 Å². The van der Waals surface area contributed by atoms with Crippen LogP contribution in [0.5, 0.6) is 0 Å². The number of allylic oxidation sites excluding steroid dienone is 1. The Morgan fingerprint density at radius 1 is 1.38 bits per heavy atom. The highest BCUT2D eigenvalue weighted by atomic mass is 16.4. The molecule has 0 aliphatic rings. The van der Waals surface area contributed by atoms with Crippen LogP contribution in [0, 0.1) is 0 Å². The van der Waals surface area contributed by atoms with Gasteiger partial charge in [0, 0.05) is 6.92 Å². The summed E-state index contributed by atoms with van der Waals surface area (Å²) in [6.45, 7) is 3.30. The van der Waals surface area contributed by atoms with Crippen LogP contribution in [0.3, 0.4) is 0 Å². The van der Waals surface area contributed by atoms with E-state index in [9.17, 15) is 0 Å². The quantitative estimate of drug-likeness (QED) is 0.650. The number of nitrogens with two attached hydrogens (primary N) is 1. The second kappa shape index (κ2) is 13.6. The van der Waals surface area contributed by atoms with E-state index in [-0.39, 0.29) is 0 Å². The summed E-state index contributed by atoms with van der Waals surface area (Å²) in [6, 6.07) is 0. The van der Waals surface area contributed by atoms with Crippen molar-refractivity contribution in [2.75, 3.05) is 0 Å². The minimum Gasteiger partial charge on any atom is -0.481 e. The molecule has 13 heavy (non-hydrogen) atoms. The highest BCUT2D eigenvalue weighted by Gasteiger charge is 1.82. The molecule has 0 atom stereocenters. The van der Waals surface area contributed by atoms with Gasteiger partial charge in [-0.25, -0.2) is 0 Å². The Kier molecular flexibility index (Phi) is 15.2. The minimum absolute atomic E-state index is 0.833. The van der Waals surface area contributed by atoms with E-state index < -0.39 is 5.97 Å². The SMILES string of the molecule is CC(=O)O.CCCCCCC=CN. The Morgan fingerprint density at radius 3 is 2.31 bits per heavy atom. The Morgan fingerprint density at radius 2 is 1.92 bits per heavy atom. The molecule has 0 rings (SSSR count). The molecule has 0 heterocycles. The summed E-state index contributed by atoms with van der Waals surface area (Å²) in [5.41, 5.74) is 5.16. The summed E-state index contributed by atoms with van der Waals surface area (Å²) in [5, 5.41) is 7.42. The van der Waals surface area contributed by atoms with E-state index in [2.05, 4.69) is 6.92 Å². The van der Waals surface area contributed by atoms with E-state index >= 15 is 0 Å². The van der Waals surface area contributed by atoms with Crippen molar-refractivity contribution in [2.24, 2.45) is 5.73 Å². The van der Waals surface area contributed by atoms with Crippen molar-refractivity contribution in [1.82, 2.24) is 0 Å². The maximum atomic E-state index is 9.00. The Balaban J connectivity index is 0. The van der Waals surface area contributed by atoms with Crippen molar-refractivity contribution in [3.05, 3.63) is 12.3 Å². The molecule has 0 saturated heterocycles. The van der Waals surface area contributed by atoms with Crippen LogP contribution in [0.2, 0.25) is 0 Å². The van der Waals surface area contributed by atoms with Crippen molar-refractivity contribution in [2.45, 2.75) is 46.0 Å². The van der Waals surface area contributed by atoms with Crippen LogP contribution in [0.25, 0.3) is 0 Å². The Labute approximate surface area is 80.6 Å². The lowest BCUT2D eigenvalue weighted by atomic mass is 10.1. The second-order valence-electron chi connectivity index (χ2n) is 2.80. The highest BCUT2D eigenvalue weighted by Crippen LogP contribution is 2.01. The number of hydrogen-bond acceptors (Lipinski definition) is 2. The third-order valence-electron chi connectivity index (χ3n) is 1.36. The Bertz CT molecular complexity index is 129. The first kappa shape index (κ1) is 14.5. The molecule has 0 bridgehead atoms. The molecule has 0 spiro atoms. The van der Waals surface area contributed by atoms with Gasteiger partial charge in [0.2, 0.25) is 0 Å². The van der Waals surface area contributed by atoms with E-state index in [1.165, 1.54) is 25.7 Å². The molecule has 0 aliphatic carbocycles. The first-order chi connectivity index (χ1) is 6.15. The fourth-order valence-corrected chi connectivity index (χ4v) is 0.785. The minimum atomic E-state index is -0.833.